The molecular formula is C18H31N3O3S. The normalized spacial score (nSPS) is 18.4. The molecule has 25 heavy (non-hydrogen) atoms. The lowest BCUT2D eigenvalue weighted by Gasteiger charge is -2.38. The number of ether oxygens (including phenoxy) is 1. The molecular weight excluding hydrogens is 338 g/mol. The van der Waals surface area contributed by atoms with Gasteiger partial charge in [-0.15, -0.1) is 0 Å². The molecule has 0 aliphatic carbocycles. The minimum atomic E-state index is -3.51. The van der Waals surface area contributed by atoms with E-state index in [4.69, 9.17) is 4.74 Å². The van der Waals surface area contributed by atoms with Crippen LogP contribution in [-0.4, -0.2) is 71.1 Å². The first-order chi connectivity index (χ1) is 11.8. The number of sulfonamides is 1. The smallest absolute Gasteiger partial charge is 0.240 e. The number of hydrogen-bond acceptors (Lipinski definition) is 5. The van der Waals surface area contributed by atoms with Gasteiger partial charge in [0.2, 0.25) is 10.0 Å². The molecule has 1 saturated heterocycles. The Kier molecular flexibility index (Phi) is 7.25. The van der Waals surface area contributed by atoms with Crippen LogP contribution >= 0.6 is 0 Å². The third-order valence-corrected chi connectivity index (χ3v) is 6.12. The molecule has 1 fully saturated rings. The van der Waals surface area contributed by atoms with Crippen LogP contribution in [0.15, 0.2) is 29.2 Å². The lowest BCUT2D eigenvalue weighted by molar-refractivity contribution is 0.102. The van der Waals surface area contributed by atoms with Crippen molar-refractivity contribution < 1.29 is 13.2 Å². The van der Waals surface area contributed by atoms with Crippen molar-refractivity contribution in [3.05, 3.63) is 24.3 Å². The fourth-order valence-electron chi connectivity index (χ4n) is 3.14. The fraction of sp³-hybridized carbons (Fsp3) is 0.667. The van der Waals surface area contributed by atoms with Crippen LogP contribution in [0.1, 0.15) is 20.3 Å². The molecule has 1 aromatic carbocycles. The Labute approximate surface area is 152 Å². The number of methoxy groups -OCH3 is 1. The van der Waals surface area contributed by atoms with Gasteiger partial charge < -0.3 is 9.64 Å². The SMILES string of the molecule is COc1ccc(S(=O)(=O)NCC(CC(C)C)N2CCN(C)CC2)cc1. The molecule has 1 aliphatic heterocycles. The van der Waals surface area contributed by atoms with Gasteiger partial charge in [-0.2, -0.15) is 0 Å². The minimum absolute atomic E-state index is 0.224. The van der Waals surface area contributed by atoms with Crippen molar-refractivity contribution >= 4 is 10.0 Å². The summed E-state index contributed by atoms with van der Waals surface area (Å²) in [6.07, 6.45) is 0.981. The van der Waals surface area contributed by atoms with Crippen LogP contribution < -0.4 is 9.46 Å². The van der Waals surface area contributed by atoms with Crippen LogP contribution in [0.5, 0.6) is 5.75 Å². The standard InChI is InChI=1S/C18H31N3O3S/c1-15(2)13-16(21-11-9-20(3)10-12-21)14-19-25(22,23)18-7-5-17(24-4)6-8-18/h5-8,15-16,19H,9-14H2,1-4H3. The number of likely N-dealkylation sites (N-methyl/N-ethyl adjacent to an activating group) is 1. The highest BCUT2D eigenvalue weighted by Gasteiger charge is 2.25. The number of nitrogens with one attached hydrogen (secondary N) is 1. The topological polar surface area (TPSA) is 61.9 Å². The molecule has 0 bridgehead atoms. The van der Waals surface area contributed by atoms with Crippen molar-refractivity contribution in [1.82, 2.24) is 14.5 Å². The van der Waals surface area contributed by atoms with Crippen molar-refractivity contribution in [3.63, 3.8) is 0 Å². The number of rotatable bonds is 8. The van der Waals surface area contributed by atoms with Gasteiger partial charge in [0.05, 0.1) is 12.0 Å². The molecule has 7 heteroatoms. The molecule has 1 N–H and O–H groups in total. The summed E-state index contributed by atoms with van der Waals surface area (Å²) in [4.78, 5) is 5.00. The predicted molar refractivity (Wildman–Crippen MR) is 100 cm³/mol. The van der Waals surface area contributed by atoms with Crippen molar-refractivity contribution in [3.8, 4) is 5.75 Å². The Morgan fingerprint density at radius 1 is 1.12 bits per heavy atom. The molecule has 0 aromatic heterocycles. The maximum atomic E-state index is 12.6. The van der Waals surface area contributed by atoms with Crippen LogP contribution in [0.3, 0.4) is 0 Å². The van der Waals surface area contributed by atoms with E-state index in [9.17, 15) is 8.42 Å². The zero-order valence-electron chi connectivity index (χ0n) is 15.7. The second-order valence-corrected chi connectivity index (χ2v) is 8.92. The third-order valence-electron chi connectivity index (χ3n) is 4.68. The second kappa shape index (κ2) is 8.98. The highest BCUT2D eigenvalue weighted by Crippen LogP contribution is 2.17. The maximum Gasteiger partial charge on any atom is 0.240 e. The second-order valence-electron chi connectivity index (χ2n) is 7.15. The Morgan fingerprint density at radius 2 is 1.72 bits per heavy atom. The van der Waals surface area contributed by atoms with E-state index in [1.807, 2.05) is 0 Å². The number of nitrogens with zero attached hydrogens (tertiary/aromatic N) is 2. The van der Waals surface area contributed by atoms with Crippen LogP contribution in [0.25, 0.3) is 0 Å². The van der Waals surface area contributed by atoms with Gasteiger partial charge in [-0.25, -0.2) is 13.1 Å². The number of hydrogen-bond donors (Lipinski definition) is 1. The molecule has 6 nitrogen and oxygen atoms in total. The monoisotopic (exact) mass is 369 g/mol. The Bertz CT molecular complexity index is 623. The van der Waals surface area contributed by atoms with E-state index < -0.39 is 10.0 Å². The van der Waals surface area contributed by atoms with Crippen molar-refractivity contribution in [2.75, 3.05) is 46.9 Å². The molecule has 1 atom stereocenters. The Morgan fingerprint density at radius 3 is 2.24 bits per heavy atom. The molecule has 142 valence electrons. The molecule has 1 unspecified atom stereocenters. The third kappa shape index (κ3) is 5.95. The van der Waals surface area contributed by atoms with Gasteiger partial charge in [-0.3, -0.25) is 4.90 Å². The summed E-state index contributed by atoms with van der Waals surface area (Å²) < 4.78 is 33.0. The summed E-state index contributed by atoms with van der Waals surface area (Å²) in [6.45, 7) is 8.83. The average molecular weight is 370 g/mol. The first-order valence-corrected chi connectivity index (χ1v) is 10.4. The maximum absolute atomic E-state index is 12.6. The van der Waals surface area contributed by atoms with Crippen molar-refractivity contribution in [1.29, 1.82) is 0 Å². The minimum Gasteiger partial charge on any atom is -0.497 e. The van der Waals surface area contributed by atoms with E-state index in [0.29, 0.717) is 18.2 Å². The van der Waals surface area contributed by atoms with Gasteiger partial charge in [0, 0.05) is 38.8 Å². The molecule has 2 rings (SSSR count). The summed E-state index contributed by atoms with van der Waals surface area (Å²) in [5.74, 6) is 1.17. The highest BCUT2D eigenvalue weighted by atomic mass is 32.2. The van der Waals surface area contributed by atoms with Crippen molar-refractivity contribution in [2.45, 2.75) is 31.2 Å². The summed E-state index contributed by atoms with van der Waals surface area (Å²) in [6, 6.07) is 6.71. The molecule has 1 aromatic rings. The Hall–Kier alpha value is -1.15. The summed E-state index contributed by atoms with van der Waals surface area (Å²) >= 11 is 0. The molecule has 1 heterocycles. The lowest BCUT2D eigenvalue weighted by Crippen LogP contribution is -2.52. The van der Waals surface area contributed by atoms with Crippen LogP contribution in [0.4, 0.5) is 0 Å². The van der Waals surface area contributed by atoms with Gasteiger partial charge in [0.15, 0.2) is 0 Å². The van der Waals surface area contributed by atoms with Gasteiger partial charge in [0.25, 0.3) is 0 Å². The van der Waals surface area contributed by atoms with E-state index in [1.54, 1.807) is 31.4 Å². The van der Waals surface area contributed by atoms with E-state index >= 15 is 0 Å². The number of benzene rings is 1. The molecule has 0 radical (unpaired) electrons. The largest absolute Gasteiger partial charge is 0.497 e. The first-order valence-electron chi connectivity index (χ1n) is 8.88. The predicted octanol–water partition coefficient (Wildman–Crippen LogP) is 1.64. The molecule has 0 amide bonds. The van der Waals surface area contributed by atoms with Crippen LogP contribution in [0.2, 0.25) is 0 Å². The fourth-order valence-corrected chi connectivity index (χ4v) is 4.21. The molecule has 0 spiro atoms. The summed E-state index contributed by atoms with van der Waals surface area (Å²) in [5, 5.41) is 0. The first kappa shape index (κ1) is 20.2. The molecule has 0 saturated carbocycles. The zero-order valence-corrected chi connectivity index (χ0v) is 16.6. The molecule has 1 aliphatic rings. The van der Waals surface area contributed by atoms with Crippen molar-refractivity contribution in [2.24, 2.45) is 5.92 Å². The Balaban J connectivity index is 2.02. The van der Waals surface area contributed by atoms with Crippen LogP contribution in [-0.2, 0) is 10.0 Å². The van der Waals surface area contributed by atoms with Gasteiger partial charge >= 0.3 is 0 Å². The van der Waals surface area contributed by atoms with E-state index in [-0.39, 0.29) is 10.9 Å². The van der Waals surface area contributed by atoms with E-state index in [1.165, 1.54) is 0 Å². The van der Waals surface area contributed by atoms with Crippen LogP contribution in [0, 0.1) is 5.92 Å². The highest BCUT2D eigenvalue weighted by molar-refractivity contribution is 7.89. The summed E-state index contributed by atoms with van der Waals surface area (Å²) in [7, 11) is 0.182. The number of piperazine rings is 1. The zero-order chi connectivity index (χ0) is 18.4. The van der Waals surface area contributed by atoms with E-state index in [2.05, 4.69) is 35.4 Å². The van der Waals surface area contributed by atoms with Gasteiger partial charge in [0.1, 0.15) is 5.75 Å². The van der Waals surface area contributed by atoms with Gasteiger partial charge in [-0.1, -0.05) is 13.8 Å². The lowest BCUT2D eigenvalue weighted by atomic mass is 10.0. The average Bonchev–Trinajstić information content (AvgIpc) is 2.59. The summed E-state index contributed by atoms with van der Waals surface area (Å²) in [5.41, 5.74) is 0. The van der Waals surface area contributed by atoms with Gasteiger partial charge in [-0.05, 0) is 43.7 Å². The quantitative estimate of drug-likeness (QED) is 0.755. The van der Waals surface area contributed by atoms with E-state index in [0.717, 1.165) is 32.6 Å².